The SMILES string of the molecule is CC(C)C1CCC(CN)(C(O)c2cc(Cl)cc(Cl)c2)CC1. The first-order valence-electron chi connectivity index (χ1n) is 7.72. The van der Waals surface area contributed by atoms with Gasteiger partial charge in [0.2, 0.25) is 0 Å². The lowest BCUT2D eigenvalue weighted by molar-refractivity contribution is -0.0148. The molecule has 0 radical (unpaired) electrons. The van der Waals surface area contributed by atoms with E-state index in [0.29, 0.717) is 22.5 Å². The number of halogens is 2. The van der Waals surface area contributed by atoms with Crippen molar-refractivity contribution in [3.8, 4) is 0 Å². The van der Waals surface area contributed by atoms with E-state index >= 15 is 0 Å². The van der Waals surface area contributed by atoms with Crippen molar-refractivity contribution in [1.82, 2.24) is 0 Å². The zero-order chi connectivity index (χ0) is 15.6. The third kappa shape index (κ3) is 3.73. The molecule has 1 aliphatic rings. The number of benzene rings is 1. The molecule has 0 spiro atoms. The monoisotopic (exact) mass is 329 g/mol. The second-order valence-corrected chi connectivity index (χ2v) is 7.63. The molecule has 1 aromatic carbocycles. The van der Waals surface area contributed by atoms with Crippen LogP contribution in [0.5, 0.6) is 0 Å². The highest BCUT2D eigenvalue weighted by atomic mass is 35.5. The molecule has 21 heavy (non-hydrogen) atoms. The van der Waals surface area contributed by atoms with Crippen LogP contribution in [-0.4, -0.2) is 11.7 Å². The predicted octanol–water partition coefficient (Wildman–Crippen LogP) is 4.82. The highest BCUT2D eigenvalue weighted by molar-refractivity contribution is 6.34. The zero-order valence-electron chi connectivity index (χ0n) is 12.8. The Morgan fingerprint density at radius 3 is 2.14 bits per heavy atom. The van der Waals surface area contributed by atoms with Crippen LogP contribution < -0.4 is 5.73 Å². The summed E-state index contributed by atoms with van der Waals surface area (Å²) in [5.41, 5.74) is 6.58. The molecule has 1 fully saturated rings. The van der Waals surface area contributed by atoms with Crippen LogP contribution >= 0.6 is 23.2 Å². The van der Waals surface area contributed by atoms with Crippen LogP contribution in [0.1, 0.15) is 51.2 Å². The molecule has 1 saturated carbocycles. The van der Waals surface area contributed by atoms with Gasteiger partial charge in [-0.1, -0.05) is 37.0 Å². The fourth-order valence-corrected chi connectivity index (χ4v) is 4.10. The maximum Gasteiger partial charge on any atom is 0.0859 e. The Bertz CT molecular complexity index is 461. The lowest BCUT2D eigenvalue weighted by Crippen LogP contribution is -2.40. The minimum atomic E-state index is -0.605. The van der Waals surface area contributed by atoms with E-state index in [2.05, 4.69) is 13.8 Å². The summed E-state index contributed by atoms with van der Waals surface area (Å²) in [4.78, 5) is 0. The highest BCUT2D eigenvalue weighted by Crippen LogP contribution is 2.48. The molecule has 0 amide bonds. The van der Waals surface area contributed by atoms with Gasteiger partial charge >= 0.3 is 0 Å². The van der Waals surface area contributed by atoms with E-state index in [0.717, 1.165) is 37.2 Å². The Labute approximate surface area is 137 Å². The molecule has 1 aliphatic carbocycles. The third-order valence-corrected chi connectivity index (χ3v) is 5.59. The Kier molecular flexibility index (Phi) is 5.59. The quantitative estimate of drug-likeness (QED) is 0.831. The zero-order valence-corrected chi connectivity index (χ0v) is 14.3. The molecule has 4 heteroatoms. The van der Waals surface area contributed by atoms with Crippen molar-refractivity contribution in [2.45, 2.75) is 45.6 Å². The van der Waals surface area contributed by atoms with Crippen LogP contribution in [0.4, 0.5) is 0 Å². The van der Waals surface area contributed by atoms with E-state index in [-0.39, 0.29) is 5.41 Å². The molecule has 0 aromatic heterocycles. The maximum absolute atomic E-state index is 10.9. The van der Waals surface area contributed by atoms with Crippen molar-refractivity contribution < 1.29 is 5.11 Å². The second-order valence-electron chi connectivity index (χ2n) is 6.75. The molecule has 118 valence electrons. The Morgan fingerprint density at radius 2 is 1.71 bits per heavy atom. The van der Waals surface area contributed by atoms with Gasteiger partial charge in [0.25, 0.3) is 0 Å². The topological polar surface area (TPSA) is 46.2 Å². The van der Waals surface area contributed by atoms with Crippen LogP contribution in [0.25, 0.3) is 0 Å². The first-order chi connectivity index (χ1) is 9.88. The normalized spacial score (nSPS) is 27.9. The summed E-state index contributed by atoms with van der Waals surface area (Å²) in [6.07, 6.45) is 3.56. The summed E-state index contributed by atoms with van der Waals surface area (Å²) >= 11 is 12.1. The van der Waals surface area contributed by atoms with Gasteiger partial charge in [0.1, 0.15) is 0 Å². The predicted molar refractivity (Wildman–Crippen MR) is 89.7 cm³/mol. The van der Waals surface area contributed by atoms with E-state index in [1.807, 2.05) is 0 Å². The van der Waals surface area contributed by atoms with Crippen molar-refractivity contribution in [3.05, 3.63) is 33.8 Å². The van der Waals surface area contributed by atoms with Gasteiger partial charge in [-0.25, -0.2) is 0 Å². The van der Waals surface area contributed by atoms with Crippen LogP contribution in [0.15, 0.2) is 18.2 Å². The summed E-state index contributed by atoms with van der Waals surface area (Å²) in [5, 5.41) is 12.0. The first kappa shape index (κ1) is 17.1. The lowest BCUT2D eigenvalue weighted by Gasteiger charge is -2.44. The fourth-order valence-electron chi connectivity index (χ4n) is 3.56. The number of aliphatic hydroxyl groups excluding tert-OH is 1. The Hall–Kier alpha value is -0.280. The molecule has 1 unspecified atom stereocenters. The average Bonchev–Trinajstić information content (AvgIpc) is 2.45. The van der Waals surface area contributed by atoms with Gasteiger partial charge in [0, 0.05) is 22.0 Å². The molecule has 2 rings (SSSR count). The number of rotatable bonds is 4. The van der Waals surface area contributed by atoms with E-state index in [4.69, 9.17) is 28.9 Å². The third-order valence-electron chi connectivity index (χ3n) is 5.16. The number of hydrogen-bond donors (Lipinski definition) is 2. The maximum atomic E-state index is 10.9. The molecular weight excluding hydrogens is 305 g/mol. The molecule has 1 aromatic rings. The standard InChI is InChI=1S/C17H25Cl2NO/c1-11(2)12-3-5-17(10-20,6-4-12)16(21)13-7-14(18)9-15(19)8-13/h7-9,11-12,16,21H,3-6,10,20H2,1-2H3. The van der Waals surface area contributed by atoms with Gasteiger partial charge in [-0.3, -0.25) is 0 Å². The second kappa shape index (κ2) is 6.87. The fraction of sp³-hybridized carbons (Fsp3) is 0.647. The first-order valence-corrected chi connectivity index (χ1v) is 8.47. The molecule has 0 heterocycles. The van der Waals surface area contributed by atoms with Crippen LogP contribution in [-0.2, 0) is 0 Å². The number of hydrogen-bond acceptors (Lipinski definition) is 2. The van der Waals surface area contributed by atoms with Crippen molar-refractivity contribution in [2.75, 3.05) is 6.54 Å². The Morgan fingerprint density at radius 1 is 1.19 bits per heavy atom. The lowest BCUT2D eigenvalue weighted by atomic mass is 9.64. The molecule has 0 bridgehead atoms. The van der Waals surface area contributed by atoms with Crippen LogP contribution in [0, 0.1) is 17.3 Å². The summed E-state index contributed by atoms with van der Waals surface area (Å²) in [5.74, 6) is 1.43. The smallest absolute Gasteiger partial charge is 0.0859 e. The molecule has 0 saturated heterocycles. The number of nitrogens with two attached hydrogens (primary N) is 1. The van der Waals surface area contributed by atoms with E-state index in [1.165, 1.54) is 0 Å². The van der Waals surface area contributed by atoms with E-state index < -0.39 is 6.10 Å². The van der Waals surface area contributed by atoms with E-state index in [9.17, 15) is 5.11 Å². The average molecular weight is 330 g/mol. The summed E-state index contributed by atoms with van der Waals surface area (Å²) < 4.78 is 0. The van der Waals surface area contributed by atoms with Crippen molar-refractivity contribution in [3.63, 3.8) is 0 Å². The van der Waals surface area contributed by atoms with Gasteiger partial charge in [0.15, 0.2) is 0 Å². The van der Waals surface area contributed by atoms with Crippen LogP contribution in [0.3, 0.4) is 0 Å². The van der Waals surface area contributed by atoms with Gasteiger partial charge in [-0.2, -0.15) is 0 Å². The summed E-state index contributed by atoms with van der Waals surface area (Å²) in [7, 11) is 0. The van der Waals surface area contributed by atoms with Gasteiger partial charge in [-0.15, -0.1) is 0 Å². The summed E-state index contributed by atoms with van der Waals surface area (Å²) in [6.45, 7) is 5.03. The minimum absolute atomic E-state index is 0.251. The van der Waals surface area contributed by atoms with Crippen molar-refractivity contribution in [2.24, 2.45) is 23.0 Å². The molecule has 1 atom stereocenters. The molecule has 0 aliphatic heterocycles. The van der Waals surface area contributed by atoms with Gasteiger partial charge in [-0.05, 0) is 61.3 Å². The van der Waals surface area contributed by atoms with E-state index in [1.54, 1.807) is 18.2 Å². The van der Waals surface area contributed by atoms with Gasteiger partial charge in [0.05, 0.1) is 6.10 Å². The Balaban J connectivity index is 2.21. The number of aliphatic hydroxyl groups is 1. The van der Waals surface area contributed by atoms with Crippen molar-refractivity contribution in [1.29, 1.82) is 0 Å². The minimum Gasteiger partial charge on any atom is -0.388 e. The highest BCUT2D eigenvalue weighted by Gasteiger charge is 2.41. The molecular formula is C17H25Cl2NO. The molecule has 2 nitrogen and oxygen atoms in total. The summed E-state index contributed by atoms with van der Waals surface area (Å²) in [6, 6.07) is 5.28. The van der Waals surface area contributed by atoms with Crippen LogP contribution in [0.2, 0.25) is 10.0 Å². The largest absolute Gasteiger partial charge is 0.388 e. The van der Waals surface area contributed by atoms with Crippen molar-refractivity contribution >= 4 is 23.2 Å². The van der Waals surface area contributed by atoms with Gasteiger partial charge < -0.3 is 10.8 Å². The molecule has 3 N–H and O–H groups in total.